The van der Waals surface area contributed by atoms with Crippen LogP contribution in [0.4, 0.5) is 20.4 Å². The van der Waals surface area contributed by atoms with Crippen LogP contribution in [0.1, 0.15) is 38.8 Å². The Labute approximate surface area is 736 Å². The fraction of sp³-hybridized carbons (Fsp3) is 0.636. The quantitative estimate of drug-likeness (QED) is 0.0179. The highest BCUT2D eigenvalue weighted by molar-refractivity contribution is 7.98. The van der Waals surface area contributed by atoms with E-state index in [2.05, 4.69) is 62.5 Å². The Bertz CT molecular complexity index is 5620. The smallest absolute Gasteiger partial charge is 0.388 e. The number of hydrogen-bond acceptors (Lipinski definition) is 44. The van der Waals surface area contributed by atoms with E-state index in [0.29, 0.717) is 4.57 Å². The molecule has 0 aliphatic carbocycles. The number of phosphoric acid groups is 12. The number of nitrogen functional groups attached to an aromatic ring is 2. The Balaban J connectivity index is 0.000000302. The van der Waals surface area contributed by atoms with Crippen LogP contribution in [-0.4, -0.2) is 268 Å². The highest BCUT2D eigenvalue weighted by atomic mass is 35.5. The molecular formula is C44H72Cl4F2N10O54P12S2. The summed E-state index contributed by atoms with van der Waals surface area (Å²) in [5.74, 6) is -0.490. The van der Waals surface area contributed by atoms with Gasteiger partial charge in [-0.1, -0.05) is 0 Å². The normalized spacial score (nSPS) is 30.5. The SMILES string of the molecule is CC(F)[C@]1(COP(=O)(O)OP(=O)(O)OP(=O)(O)O)O[C@@H](n2ccc(=O)[nH]c2=O)[C@H](Cl)[C@@H]1O.CC(F)[C@]1(COP(=O)(O)OP(=O)(O)OP(=O)(O)O)O[C@@H](n2ccc(N)nc2=O)[C@H](Cl)[C@@H]1O.CSC[C@]1(COP(=O)(O)OP(=O)(O)OP(=O)(O)O)O[C@@H](n2ccc(=O)[nH]c2=O)[C@H](Cl)[C@@H]1O.CSC[C@]1(COP(=O)(O)OP(=O)(O)OP(=O)(O)O)O[C@@H](n2ccc(N)nc2=O)[C@H](Cl)[C@@H]1O. The van der Waals surface area contributed by atoms with Crippen LogP contribution < -0.4 is 45.3 Å². The average molecular weight is 2220 g/mol. The van der Waals surface area contributed by atoms with Crippen molar-refractivity contribution in [2.45, 2.75) is 119 Å². The van der Waals surface area contributed by atoms with Crippen molar-refractivity contribution >= 4 is 175 Å². The van der Waals surface area contributed by atoms with Gasteiger partial charge in [-0.05, 0) is 38.5 Å². The number of H-pyrrole nitrogens is 2. The van der Waals surface area contributed by atoms with Crippen LogP contribution in [0.15, 0.2) is 77.8 Å². The molecule has 26 atom stereocenters. The first-order valence-corrected chi connectivity index (χ1v) is 55.1. The number of thioether (sulfide) groups is 2. The monoisotopic (exact) mass is 2220 g/mol. The van der Waals surface area contributed by atoms with E-state index in [9.17, 15) is 142 Å². The summed E-state index contributed by atoms with van der Waals surface area (Å²) < 4.78 is 237. The summed E-state index contributed by atoms with van der Waals surface area (Å²) in [6, 6.07) is 4.32. The Hall–Kier alpha value is -2.24. The molecule has 8 heterocycles. The van der Waals surface area contributed by atoms with Crippen LogP contribution in [0, 0.1) is 0 Å². The van der Waals surface area contributed by atoms with Crippen molar-refractivity contribution in [2.75, 3.05) is 61.9 Å². The van der Waals surface area contributed by atoms with E-state index >= 15 is 0 Å². The fourth-order valence-electron chi connectivity index (χ4n) is 10.7. The molecule has 0 spiro atoms. The summed E-state index contributed by atoms with van der Waals surface area (Å²) in [5, 5.41) is 36.4. The molecule has 84 heteroatoms. The molecule has 4 aliphatic heterocycles. The lowest BCUT2D eigenvalue weighted by atomic mass is 9.93. The molecule has 4 aromatic heterocycles. The van der Waals surface area contributed by atoms with Gasteiger partial charge >= 0.3 is 117 Å². The number of hydrogen-bond donors (Lipinski definition) is 24. The van der Waals surface area contributed by atoms with Gasteiger partial charge in [-0.15, -0.1) is 46.4 Å². The molecule has 8 rings (SSSR count). The topological polar surface area (TPSA) is 989 Å². The molecule has 26 N–H and O–H groups in total. The third kappa shape index (κ3) is 33.0. The van der Waals surface area contributed by atoms with Gasteiger partial charge in [0.1, 0.15) is 81.1 Å². The molecule has 0 bridgehead atoms. The van der Waals surface area contributed by atoms with Gasteiger partial charge in [-0.3, -0.25) is 55.9 Å². The van der Waals surface area contributed by atoms with Gasteiger partial charge in [0.2, 0.25) is 0 Å². The number of halogens is 6. The van der Waals surface area contributed by atoms with Crippen molar-refractivity contribution in [3.8, 4) is 0 Å². The number of aromatic amines is 2. The Kier molecular flexibility index (Phi) is 40.2. The number of nitrogens with zero attached hydrogens (tertiary/aromatic N) is 6. The number of rotatable bonds is 38. The van der Waals surface area contributed by atoms with Crippen LogP contribution in [0.25, 0.3) is 0 Å². The van der Waals surface area contributed by atoms with Gasteiger partial charge in [-0.2, -0.15) is 68.0 Å². The van der Waals surface area contributed by atoms with E-state index in [1.54, 1.807) is 12.5 Å². The molecule has 128 heavy (non-hydrogen) atoms. The number of aliphatic hydroxyl groups excluding tert-OH is 4. The van der Waals surface area contributed by atoms with Crippen LogP contribution >= 0.6 is 164 Å². The van der Waals surface area contributed by atoms with E-state index in [1.165, 1.54) is 18.3 Å². The van der Waals surface area contributed by atoms with E-state index in [-0.39, 0.29) is 23.1 Å². The van der Waals surface area contributed by atoms with E-state index in [4.69, 9.17) is 126 Å². The number of nitrogens with two attached hydrogens (primary N) is 2. The highest BCUT2D eigenvalue weighted by Gasteiger charge is 2.63. The van der Waals surface area contributed by atoms with Gasteiger partial charge in [0.25, 0.3) is 11.1 Å². The number of ether oxygens (including phenoxy) is 4. The van der Waals surface area contributed by atoms with Crippen LogP contribution in [0.5, 0.6) is 0 Å². The molecule has 4 aromatic rings. The van der Waals surface area contributed by atoms with Crippen molar-refractivity contribution in [3.05, 3.63) is 112 Å². The Morgan fingerprint density at radius 1 is 0.398 bits per heavy atom. The predicted octanol–water partition coefficient (Wildman–Crippen LogP) is -1.52. The van der Waals surface area contributed by atoms with Gasteiger partial charge < -0.3 is 129 Å². The number of aromatic nitrogens is 8. The molecule has 4 saturated heterocycles. The van der Waals surface area contributed by atoms with Crippen molar-refractivity contribution in [2.24, 2.45) is 0 Å². The zero-order chi connectivity index (χ0) is 98.5. The van der Waals surface area contributed by atoms with Crippen molar-refractivity contribution in [1.82, 2.24) is 38.2 Å². The van der Waals surface area contributed by atoms with Crippen molar-refractivity contribution in [3.63, 3.8) is 0 Å². The van der Waals surface area contributed by atoms with E-state index in [0.717, 1.165) is 81.8 Å². The van der Waals surface area contributed by atoms with E-state index in [1.807, 2.05) is 9.97 Å². The molecule has 736 valence electrons. The largest absolute Gasteiger partial charge is 0.490 e. The van der Waals surface area contributed by atoms with Gasteiger partial charge in [0.15, 0.2) is 36.1 Å². The zero-order valence-corrected chi connectivity index (χ0v) is 78.4. The van der Waals surface area contributed by atoms with Gasteiger partial charge in [-0.25, -0.2) is 82.7 Å². The zero-order valence-electron chi connectivity index (χ0n) is 63.1. The first kappa shape index (κ1) is 116. The third-order valence-corrected chi connectivity index (χ3v) is 34.4. The number of alkyl halides is 6. The molecule has 0 radical (unpaired) electrons. The maximum atomic E-state index is 14.5. The molecule has 0 aromatic carbocycles. The van der Waals surface area contributed by atoms with Gasteiger partial charge in [0, 0.05) is 48.4 Å². The number of phosphoric ester groups is 4. The molecule has 10 unspecified atom stereocenters. The fourth-order valence-corrected chi connectivity index (χ4v) is 26.2. The Morgan fingerprint density at radius 3 is 0.875 bits per heavy atom. The van der Waals surface area contributed by atoms with Crippen molar-refractivity contribution < 1.29 is 234 Å². The number of aliphatic hydroxyl groups is 4. The van der Waals surface area contributed by atoms with Crippen LogP contribution in [0.2, 0.25) is 0 Å². The minimum Gasteiger partial charge on any atom is -0.388 e. The second kappa shape index (κ2) is 44.3. The Morgan fingerprint density at radius 2 is 0.633 bits per heavy atom. The number of anilines is 2. The maximum Gasteiger partial charge on any atom is 0.490 e. The summed E-state index contributed by atoms with van der Waals surface area (Å²) in [4.78, 5) is 225. The molecule has 64 nitrogen and oxygen atoms in total. The minimum absolute atomic E-state index is 0.0843. The second-order valence-electron chi connectivity index (χ2n) is 25.3. The summed E-state index contributed by atoms with van der Waals surface area (Å²) in [5.41, 5.74) is -3.26. The molecule has 0 amide bonds. The summed E-state index contributed by atoms with van der Waals surface area (Å²) in [7, 11) is -67.9. The average Bonchev–Trinajstić information content (AvgIpc) is 1.58. The molecule has 4 fully saturated rings. The van der Waals surface area contributed by atoms with Crippen LogP contribution in [-0.2, 0) is 126 Å². The number of nitrogens with one attached hydrogen (secondary N) is 2. The lowest BCUT2D eigenvalue weighted by Gasteiger charge is -2.33. The van der Waals surface area contributed by atoms with Gasteiger partial charge in [0.05, 0.1) is 26.4 Å². The van der Waals surface area contributed by atoms with Crippen molar-refractivity contribution in [1.29, 1.82) is 0 Å². The summed E-state index contributed by atoms with van der Waals surface area (Å²) in [6.07, 6.45) is -10.1. The molecular weight excluding hydrogens is 2150 g/mol. The third-order valence-electron chi connectivity index (χ3n) is 15.9. The summed E-state index contributed by atoms with van der Waals surface area (Å²) >= 11 is 26.6. The minimum atomic E-state index is -5.84. The lowest BCUT2D eigenvalue weighted by molar-refractivity contribution is -0.158. The summed E-state index contributed by atoms with van der Waals surface area (Å²) in [6.45, 7) is -2.99. The standard InChI is InChI=1S/C11H18ClFN3O13P3.C11H17ClFN2O14P3.C11H19ClN3O13P3S.C11H18ClN2O14P3S/c1-5(13)11(4-26-31(22,23)29-32(24,25)28-30(19,20)21)8(17)7(12)9(27-11)16-3-2-6(14)15-10(16)18;1-5(13)11(4-26-31(22,23)29-32(24,25)28-30(19,20)21)8(17)7(12)9(27-11)15-3-2-6(16)14-10(15)18;1-32-5-11(4-25-30(21,22)28-31(23,24)27-29(18,19)20)8(16)7(12)9(26-11)15-3-2-6(13)14-10(15)17;1-32-5-11(4-25-30(21,22)28-31(23,24)27-29(18,19)20)8(16)7(12)9(26-11)14-3-2-6(15)13-10(14)17/h2-3,5,7-9,17H,4H2,1H3,(H,22,23)(H,24,25)(H2,14,15,18)(H2,19,20,21);2-3,5,7-9,17H,4H2,1H3,(H,22,23)(H,24,25)(H,14,16,18)(H2,19,20,21);2-3,7-9,16H,4-5H2,1H3,(H,21,22)(H,23,24)(H2,13,14,17)(H2,18,19,20);2-3,7-9,16H,4-5H2,1H3,(H,21,22)(H,23,24)(H,13,15,17)(H2,18,19,20)/t2*5?,7-,8+,9-,11+;2*7-,8+,9-,11+/m1111/s1. The lowest BCUT2D eigenvalue weighted by Crippen LogP contribution is -2.52. The first-order chi connectivity index (χ1) is 57.8. The first-order valence-electron chi connectivity index (χ1n) is 32.5. The predicted molar refractivity (Wildman–Crippen MR) is 420 cm³/mol. The van der Waals surface area contributed by atoms with E-state index < -0.39 is 260 Å². The maximum absolute atomic E-state index is 14.5. The second-order valence-corrected chi connectivity index (χ2v) is 46.7. The highest BCUT2D eigenvalue weighted by Crippen LogP contribution is 2.71. The molecule has 0 saturated carbocycles. The molecule has 4 aliphatic rings. The van der Waals surface area contributed by atoms with Crippen LogP contribution in [0.3, 0.4) is 0 Å².